The lowest BCUT2D eigenvalue weighted by Gasteiger charge is -2.55. The molecular weight excluding hydrogens is 406 g/mol. The number of aliphatic hydroxyl groups excluding tert-OH is 1. The molecule has 0 aliphatic heterocycles. The number of methoxy groups -OCH3 is 1. The Balaban J connectivity index is 1.38. The van der Waals surface area contributed by atoms with Crippen LogP contribution in [0.15, 0.2) is 42.5 Å². The summed E-state index contributed by atoms with van der Waals surface area (Å²) in [7, 11) is 1.67. The van der Waals surface area contributed by atoms with E-state index >= 15 is 0 Å². The Bertz CT molecular complexity index is 923. The smallest absolute Gasteiger partial charge is 0.118 e. The van der Waals surface area contributed by atoms with Crippen molar-refractivity contribution >= 4 is 0 Å². The summed E-state index contributed by atoms with van der Waals surface area (Å²) in [6, 6.07) is 15.1. The molecular formula is C30H43NO2. The number of aliphatic hydroxyl groups is 1. The van der Waals surface area contributed by atoms with Gasteiger partial charge in [0.1, 0.15) is 5.75 Å². The van der Waals surface area contributed by atoms with Crippen LogP contribution in [0.1, 0.15) is 87.7 Å². The Morgan fingerprint density at radius 2 is 1.91 bits per heavy atom. The molecule has 0 aromatic heterocycles. The second-order valence-corrected chi connectivity index (χ2v) is 11.0. The third-order valence-electron chi connectivity index (χ3n) is 8.70. The molecule has 4 atom stereocenters. The molecule has 3 heteroatoms. The highest BCUT2D eigenvalue weighted by molar-refractivity contribution is 5.41. The molecule has 0 radical (unpaired) electrons. The van der Waals surface area contributed by atoms with Crippen molar-refractivity contribution in [2.24, 2.45) is 11.3 Å². The van der Waals surface area contributed by atoms with Gasteiger partial charge in [0, 0.05) is 6.54 Å². The SMILES string of the molecule is CCCc1ccc2c(c1)CCC1C(C)(CNCCC(O)c3ccc(OC)cc3)CCCC21C. The van der Waals surface area contributed by atoms with Crippen molar-refractivity contribution in [1.29, 1.82) is 0 Å². The summed E-state index contributed by atoms with van der Waals surface area (Å²) in [5.41, 5.74) is 6.29. The van der Waals surface area contributed by atoms with Crippen molar-refractivity contribution in [2.75, 3.05) is 20.2 Å². The average molecular weight is 450 g/mol. The first-order valence-electron chi connectivity index (χ1n) is 13.0. The van der Waals surface area contributed by atoms with Gasteiger partial charge in [-0.15, -0.1) is 0 Å². The second kappa shape index (κ2) is 10.2. The van der Waals surface area contributed by atoms with Crippen LogP contribution in [0.4, 0.5) is 0 Å². The molecule has 4 unspecified atom stereocenters. The molecule has 2 aliphatic rings. The van der Waals surface area contributed by atoms with Crippen LogP contribution in [-0.2, 0) is 18.3 Å². The van der Waals surface area contributed by atoms with E-state index in [1.165, 1.54) is 50.5 Å². The number of rotatable bonds is 9. The normalized spacial score (nSPS) is 27.5. The van der Waals surface area contributed by atoms with Crippen LogP contribution in [0.3, 0.4) is 0 Å². The minimum absolute atomic E-state index is 0.287. The van der Waals surface area contributed by atoms with E-state index < -0.39 is 6.10 Å². The molecule has 0 spiro atoms. The highest BCUT2D eigenvalue weighted by Crippen LogP contribution is 2.57. The highest BCUT2D eigenvalue weighted by Gasteiger charge is 2.51. The molecule has 0 amide bonds. The van der Waals surface area contributed by atoms with E-state index in [1.807, 2.05) is 24.3 Å². The minimum atomic E-state index is -0.438. The van der Waals surface area contributed by atoms with Crippen LogP contribution in [0.25, 0.3) is 0 Å². The molecule has 0 saturated heterocycles. The summed E-state index contributed by atoms with van der Waals surface area (Å²) in [6.45, 7) is 9.19. The lowest BCUT2D eigenvalue weighted by molar-refractivity contribution is 0.0252. The first kappa shape index (κ1) is 24.3. The molecule has 2 aromatic carbocycles. The number of aryl methyl sites for hydroxylation is 2. The van der Waals surface area contributed by atoms with Crippen molar-refractivity contribution in [3.63, 3.8) is 0 Å². The lowest BCUT2D eigenvalue weighted by Crippen LogP contribution is -2.52. The van der Waals surface area contributed by atoms with E-state index in [4.69, 9.17) is 4.74 Å². The van der Waals surface area contributed by atoms with Crippen LogP contribution in [0.5, 0.6) is 5.75 Å². The zero-order valence-corrected chi connectivity index (χ0v) is 21.1. The number of benzene rings is 2. The summed E-state index contributed by atoms with van der Waals surface area (Å²) in [4.78, 5) is 0. The molecule has 2 aromatic rings. The molecule has 180 valence electrons. The maximum absolute atomic E-state index is 10.6. The third kappa shape index (κ3) is 5.00. The molecule has 4 rings (SSSR count). The number of ether oxygens (including phenoxy) is 1. The Hall–Kier alpha value is -1.84. The van der Waals surface area contributed by atoms with E-state index in [1.54, 1.807) is 18.2 Å². The van der Waals surface area contributed by atoms with Gasteiger partial charge in [0.2, 0.25) is 0 Å². The van der Waals surface area contributed by atoms with Gasteiger partial charge in [-0.05, 0) is 96.2 Å². The molecule has 0 heterocycles. The molecule has 3 nitrogen and oxygen atoms in total. The van der Waals surface area contributed by atoms with Crippen LogP contribution >= 0.6 is 0 Å². The van der Waals surface area contributed by atoms with E-state index in [0.717, 1.165) is 30.8 Å². The minimum Gasteiger partial charge on any atom is -0.497 e. The maximum Gasteiger partial charge on any atom is 0.118 e. The Kier molecular flexibility index (Phi) is 7.50. The topological polar surface area (TPSA) is 41.5 Å². The van der Waals surface area contributed by atoms with Crippen molar-refractivity contribution in [2.45, 2.75) is 83.7 Å². The Labute approximate surface area is 201 Å². The molecule has 1 saturated carbocycles. The summed E-state index contributed by atoms with van der Waals surface area (Å²) in [5.74, 6) is 1.54. The van der Waals surface area contributed by atoms with E-state index in [-0.39, 0.29) is 5.41 Å². The first-order chi connectivity index (χ1) is 15.9. The first-order valence-corrected chi connectivity index (χ1v) is 13.0. The van der Waals surface area contributed by atoms with Crippen molar-refractivity contribution in [1.82, 2.24) is 5.32 Å². The zero-order valence-electron chi connectivity index (χ0n) is 21.1. The van der Waals surface area contributed by atoms with Gasteiger partial charge in [0.25, 0.3) is 0 Å². The molecule has 0 bridgehead atoms. The predicted molar refractivity (Wildman–Crippen MR) is 137 cm³/mol. The van der Waals surface area contributed by atoms with Gasteiger partial charge in [-0.3, -0.25) is 0 Å². The van der Waals surface area contributed by atoms with Crippen LogP contribution in [-0.4, -0.2) is 25.3 Å². The van der Waals surface area contributed by atoms with Gasteiger partial charge in [-0.2, -0.15) is 0 Å². The van der Waals surface area contributed by atoms with Gasteiger partial charge in [-0.1, -0.05) is 63.9 Å². The lowest BCUT2D eigenvalue weighted by atomic mass is 9.49. The van der Waals surface area contributed by atoms with E-state index in [9.17, 15) is 5.11 Å². The van der Waals surface area contributed by atoms with Gasteiger partial charge >= 0.3 is 0 Å². The van der Waals surface area contributed by atoms with Crippen molar-refractivity contribution in [3.8, 4) is 5.75 Å². The second-order valence-electron chi connectivity index (χ2n) is 11.0. The van der Waals surface area contributed by atoms with Crippen LogP contribution in [0, 0.1) is 11.3 Å². The Morgan fingerprint density at radius 1 is 1.12 bits per heavy atom. The van der Waals surface area contributed by atoms with E-state index in [2.05, 4.69) is 44.3 Å². The molecule has 2 aliphatic carbocycles. The summed E-state index contributed by atoms with van der Waals surface area (Å²) < 4.78 is 5.22. The quantitative estimate of drug-likeness (QED) is 0.437. The summed E-state index contributed by atoms with van der Waals surface area (Å²) in [5, 5.41) is 14.3. The highest BCUT2D eigenvalue weighted by atomic mass is 16.5. The number of fused-ring (bicyclic) bond motifs is 3. The number of nitrogens with one attached hydrogen (secondary N) is 1. The van der Waals surface area contributed by atoms with Crippen molar-refractivity contribution < 1.29 is 9.84 Å². The predicted octanol–water partition coefficient (Wildman–Crippen LogP) is 6.37. The largest absolute Gasteiger partial charge is 0.497 e. The zero-order chi connectivity index (χ0) is 23.5. The van der Waals surface area contributed by atoms with Gasteiger partial charge < -0.3 is 15.2 Å². The molecule has 2 N–H and O–H groups in total. The van der Waals surface area contributed by atoms with Gasteiger partial charge in [0.05, 0.1) is 13.2 Å². The van der Waals surface area contributed by atoms with Crippen molar-refractivity contribution in [3.05, 3.63) is 64.7 Å². The number of hydrogen-bond acceptors (Lipinski definition) is 3. The molecule has 33 heavy (non-hydrogen) atoms. The monoisotopic (exact) mass is 449 g/mol. The standard InChI is InChI=1S/C30H43NO2/c1-5-7-22-8-14-26-24(20-22)11-15-28-29(2,17-6-18-30(26,28)3)21-31-19-16-27(32)23-9-12-25(33-4)13-10-23/h8-10,12-14,20,27-28,31-32H,5-7,11,15-19,21H2,1-4H3. The fourth-order valence-electron chi connectivity index (χ4n) is 6.94. The Morgan fingerprint density at radius 3 is 2.64 bits per heavy atom. The van der Waals surface area contributed by atoms with Crippen LogP contribution < -0.4 is 10.1 Å². The fraction of sp³-hybridized carbons (Fsp3) is 0.600. The average Bonchev–Trinajstić information content (AvgIpc) is 2.82. The summed E-state index contributed by atoms with van der Waals surface area (Å²) >= 11 is 0. The maximum atomic E-state index is 10.6. The number of hydrogen-bond donors (Lipinski definition) is 2. The molecule has 1 fully saturated rings. The van der Waals surface area contributed by atoms with Crippen LogP contribution in [0.2, 0.25) is 0 Å². The van der Waals surface area contributed by atoms with E-state index in [0.29, 0.717) is 11.3 Å². The summed E-state index contributed by atoms with van der Waals surface area (Å²) in [6.07, 6.45) is 9.13. The third-order valence-corrected chi connectivity index (χ3v) is 8.70. The fourth-order valence-corrected chi connectivity index (χ4v) is 6.94. The van der Waals surface area contributed by atoms with Gasteiger partial charge in [0.15, 0.2) is 0 Å². The van der Waals surface area contributed by atoms with Gasteiger partial charge in [-0.25, -0.2) is 0 Å².